The van der Waals surface area contributed by atoms with Crippen LogP contribution in [0.15, 0.2) is 18.2 Å². The van der Waals surface area contributed by atoms with E-state index < -0.39 is 0 Å². The van der Waals surface area contributed by atoms with Gasteiger partial charge in [-0.1, -0.05) is 12.8 Å². The van der Waals surface area contributed by atoms with Crippen molar-refractivity contribution in [2.75, 3.05) is 39.2 Å². The van der Waals surface area contributed by atoms with Crippen molar-refractivity contribution < 1.29 is 14.3 Å². The summed E-state index contributed by atoms with van der Waals surface area (Å²) in [7, 11) is 3.19. The van der Waals surface area contributed by atoms with Crippen molar-refractivity contribution in [3.63, 3.8) is 0 Å². The third-order valence-corrected chi connectivity index (χ3v) is 4.04. The van der Waals surface area contributed by atoms with Gasteiger partial charge in [0.15, 0.2) is 0 Å². The topological polar surface area (TPSA) is 50.8 Å². The molecule has 23 heavy (non-hydrogen) atoms. The lowest BCUT2D eigenvalue weighted by Gasteiger charge is -2.19. The number of ether oxygens (including phenoxy) is 2. The van der Waals surface area contributed by atoms with E-state index in [2.05, 4.69) is 10.2 Å². The van der Waals surface area contributed by atoms with E-state index in [0.717, 1.165) is 19.6 Å². The first-order valence-corrected chi connectivity index (χ1v) is 7.97. The summed E-state index contributed by atoms with van der Waals surface area (Å²) in [5, 5.41) is 2.92. The second kappa shape index (κ2) is 10.3. The van der Waals surface area contributed by atoms with E-state index in [0.29, 0.717) is 23.6 Å². The fourth-order valence-electron chi connectivity index (χ4n) is 2.73. The SMILES string of the molecule is COc1ccc(NC(=O)CCN2CCCCCC2)c(OC)c1.Cl. The fourth-order valence-corrected chi connectivity index (χ4v) is 2.73. The van der Waals surface area contributed by atoms with Gasteiger partial charge in [0, 0.05) is 19.0 Å². The number of hydrogen-bond donors (Lipinski definition) is 1. The maximum absolute atomic E-state index is 12.1. The van der Waals surface area contributed by atoms with Gasteiger partial charge in [-0.3, -0.25) is 4.79 Å². The molecule has 6 heteroatoms. The summed E-state index contributed by atoms with van der Waals surface area (Å²) in [5.74, 6) is 1.34. The lowest BCUT2D eigenvalue weighted by atomic mass is 10.2. The Morgan fingerprint density at radius 3 is 2.43 bits per heavy atom. The lowest BCUT2D eigenvalue weighted by Crippen LogP contribution is -2.28. The summed E-state index contributed by atoms with van der Waals surface area (Å²) in [6.45, 7) is 3.04. The van der Waals surface area contributed by atoms with E-state index in [1.807, 2.05) is 12.1 Å². The van der Waals surface area contributed by atoms with Gasteiger partial charge < -0.3 is 19.7 Å². The Hall–Kier alpha value is -1.46. The Bertz CT molecular complexity index is 489. The molecule has 1 N–H and O–H groups in total. The molecule has 1 amide bonds. The van der Waals surface area contributed by atoms with E-state index in [9.17, 15) is 4.79 Å². The maximum atomic E-state index is 12.1. The number of methoxy groups -OCH3 is 2. The van der Waals surface area contributed by atoms with Crippen molar-refractivity contribution in [3.8, 4) is 11.5 Å². The number of hydrogen-bond acceptors (Lipinski definition) is 4. The Balaban J connectivity index is 0.00000264. The Kier molecular flexibility index (Phi) is 8.81. The van der Waals surface area contributed by atoms with Crippen LogP contribution in [0.4, 0.5) is 5.69 Å². The van der Waals surface area contributed by atoms with Gasteiger partial charge in [-0.25, -0.2) is 0 Å². The summed E-state index contributed by atoms with van der Waals surface area (Å²) >= 11 is 0. The fraction of sp³-hybridized carbons (Fsp3) is 0.588. The highest BCUT2D eigenvalue weighted by Crippen LogP contribution is 2.29. The van der Waals surface area contributed by atoms with Crippen molar-refractivity contribution in [3.05, 3.63) is 18.2 Å². The molecule has 1 heterocycles. The number of likely N-dealkylation sites (tertiary alicyclic amines) is 1. The summed E-state index contributed by atoms with van der Waals surface area (Å²) in [6, 6.07) is 5.39. The van der Waals surface area contributed by atoms with Crippen LogP contribution in [-0.2, 0) is 4.79 Å². The first kappa shape index (κ1) is 19.6. The largest absolute Gasteiger partial charge is 0.497 e. The number of halogens is 1. The molecule has 2 rings (SSSR count). The quantitative estimate of drug-likeness (QED) is 0.861. The van der Waals surface area contributed by atoms with Crippen LogP contribution >= 0.6 is 12.4 Å². The van der Waals surface area contributed by atoms with Crippen LogP contribution in [0.3, 0.4) is 0 Å². The lowest BCUT2D eigenvalue weighted by molar-refractivity contribution is -0.116. The van der Waals surface area contributed by atoms with E-state index in [-0.39, 0.29) is 18.3 Å². The molecule has 0 spiro atoms. The van der Waals surface area contributed by atoms with Crippen molar-refractivity contribution in [1.82, 2.24) is 4.90 Å². The summed E-state index contributed by atoms with van der Waals surface area (Å²) < 4.78 is 10.5. The highest BCUT2D eigenvalue weighted by atomic mass is 35.5. The van der Waals surface area contributed by atoms with Gasteiger partial charge in [0.05, 0.1) is 19.9 Å². The van der Waals surface area contributed by atoms with Gasteiger partial charge in [-0.05, 0) is 38.1 Å². The molecule has 5 nitrogen and oxygen atoms in total. The molecule has 0 aliphatic carbocycles. The number of carbonyl (C=O) groups excluding carboxylic acids is 1. The molecular weight excluding hydrogens is 316 g/mol. The maximum Gasteiger partial charge on any atom is 0.225 e. The standard InChI is InChI=1S/C17H26N2O3.ClH/c1-21-14-7-8-15(16(13-14)22-2)18-17(20)9-12-19-10-5-3-4-6-11-19;/h7-8,13H,3-6,9-12H2,1-2H3,(H,18,20);1H. The first-order valence-electron chi connectivity index (χ1n) is 7.97. The smallest absolute Gasteiger partial charge is 0.225 e. The summed E-state index contributed by atoms with van der Waals surface area (Å²) in [5.41, 5.74) is 0.684. The molecule has 1 aliphatic rings. The monoisotopic (exact) mass is 342 g/mol. The molecule has 1 fully saturated rings. The zero-order chi connectivity index (χ0) is 15.8. The number of amides is 1. The molecule has 0 saturated carbocycles. The molecule has 1 aromatic carbocycles. The van der Waals surface area contributed by atoms with Crippen molar-refractivity contribution in [2.24, 2.45) is 0 Å². The zero-order valence-electron chi connectivity index (χ0n) is 14.0. The van der Waals surface area contributed by atoms with Gasteiger partial charge >= 0.3 is 0 Å². The van der Waals surface area contributed by atoms with Crippen LogP contribution in [0.1, 0.15) is 32.1 Å². The van der Waals surface area contributed by atoms with Crippen molar-refractivity contribution in [1.29, 1.82) is 0 Å². The molecule has 1 aliphatic heterocycles. The van der Waals surface area contributed by atoms with Crippen LogP contribution in [0, 0.1) is 0 Å². The third-order valence-electron chi connectivity index (χ3n) is 4.04. The van der Waals surface area contributed by atoms with E-state index in [1.165, 1.54) is 25.7 Å². The third kappa shape index (κ3) is 6.28. The molecular formula is C17H27ClN2O3. The minimum Gasteiger partial charge on any atom is -0.497 e. The molecule has 0 bridgehead atoms. The number of anilines is 1. The van der Waals surface area contributed by atoms with Crippen LogP contribution < -0.4 is 14.8 Å². The number of rotatable bonds is 6. The number of nitrogens with one attached hydrogen (secondary N) is 1. The van der Waals surface area contributed by atoms with Gasteiger partial charge in [0.1, 0.15) is 11.5 Å². The average molecular weight is 343 g/mol. The minimum atomic E-state index is 0. The molecule has 0 atom stereocenters. The Morgan fingerprint density at radius 1 is 1.13 bits per heavy atom. The Labute approximate surface area is 144 Å². The molecule has 0 radical (unpaired) electrons. The number of nitrogens with zero attached hydrogens (tertiary/aromatic N) is 1. The molecule has 130 valence electrons. The predicted octanol–water partition coefficient (Wildman–Crippen LogP) is 3.33. The van der Waals surface area contributed by atoms with Crippen molar-refractivity contribution in [2.45, 2.75) is 32.1 Å². The summed E-state index contributed by atoms with van der Waals surface area (Å²) in [6.07, 6.45) is 5.62. The average Bonchev–Trinajstić information content (AvgIpc) is 2.82. The van der Waals surface area contributed by atoms with Crippen LogP contribution in [0.2, 0.25) is 0 Å². The summed E-state index contributed by atoms with van der Waals surface area (Å²) in [4.78, 5) is 14.5. The van der Waals surface area contributed by atoms with E-state index in [1.54, 1.807) is 20.3 Å². The predicted molar refractivity (Wildman–Crippen MR) is 94.9 cm³/mol. The van der Waals surface area contributed by atoms with Gasteiger partial charge in [0.25, 0.3) is 0 Å². The van der Waals surface area contributed by atoms with E-state index in [4.69, 9.17) is 9.47 Å². The second-order valence-corrected chi connectivity index (χ2v) is 5.62. The highest BCUT2D eigenvalue weighted by molar-refractivity contribution is 5.92. The van der Waals surface area contributed by atoms with Crippen LogP contribution in [0.25, 0.3) is 0 Å². The highest BCUT2D eigenvalue weighted by Gasteiger charge is 2.12. The van der Waals surface area contributed by atoms with Gasteiger partial charge in [-0.15, -0.1) is 12.4 Å². The number of carbonyl (C=O) groups is 1. The normalized spacial score (nSPS) is 15.2. The Morgan fingerprint density at radius 2 is 1.83 bits per heavy atom. The molecule has 0 unspecified atom stereocenters. The van der Waals surface area contributed by atoms with Gasteiger partial charge in [0.2, 0.25) is 5.91 Å². The van der Waals surface area contributed by atoms with Crippen LogP contribution in [-0.4, -0.2) is 44.7 Å². The number of benzene rings is 1. The zero-order valence-corrected chi connectivity index (χ0v) is 14.8. The van der Waals surface area contributed by atoms with Crippen molar-refractivity contribution >= 4 is 24.0 Å². The molecule has 1 saturated heterocycles. The van der Waals surface area contributed by atoms with Gasteiger partial charge in [-0.2, -0.15) is 0 Å². The molecule has 0 aromatic heterocycles. The van der Waals surface area contributed by atoms with E-state index >= 15 is 0 Å². The minimum absolute atomic E-state index is 0. The second-order valence-electron chi connectivity index (χ2n) is 5.62. The molecule has 1 aromatic rings. The van der Waals surface area contributed by atoms with Crippen LogP contribution in [0.5, 0.6) is 11.5 Å². The first-order chi connectivity index (χ1) is 10.7.